The Bertz CT molecular complexity index is 253. The van der Waals surface area contributed by atoms with E-state index in [1.54, 1.807) is 0 Å². The van der Waals surface area contributed by atoms with E-state index in [4.69, 9.17) is 14.5 Å². The fourth-order valence-electron chi connectivity index (χ4n) is 2.31. The molecule has 0 bridgehead atoms. The molecule has 0 spiro atoms. The molecule has 1 atom stereocenters. The van der Waals surface area contributed by atoms with Crippen molar-refractivity contribution in [3.05, 3.63) is 11.6 Å². The maximum Gasteiger partial charge on any atom is 0.223 e. The maximum atomic E-state index is 5.95. The number of fused-ring (bicyclic) bond motifs is 1. The number of hydrogen-bond acceptors (Lipinski definition) is 3. The Hall–Kier alpha value is 0.334. The predicted molar refractivity (Wildman–Crippen MR) is 57.2 cm³/mol. The van der Waals surface area contributed by atoms with Gasteiger partial charge in [-0.25, -0.2) is 4.89 Å². The van der Waals surface area contributed by atoms with Crippen molar-refractivity contribution in [2.75, 3.05) is 6.61 Å². The van der Waals surface area contributed by atoms with Gasteiger partial charge in [-0.3, -0.25) is 0 Å². The zero-order chi connectivity index (χ0) is 10.7. The quantitative estimate of drug-likeness (QED) is 0.434. The third-order valence-corrected chi connectivity index (χ3v) is 2.88. The summed E-state index contributed by atoms with van der Waals surface area (Å²) in [6, 6.07) is 0. The van der Waals surface area contributed by atoms with Crippen LogP contribution < -0.4 is 0 Å². The van der Waals surface area contributed by atoms with Gasteiger partial charge in [0.1, 0.15) is 0 Å². The first-order valence-corrected chi connectivity index (χ1v) is 5.91. The van der Waals surface area contributed by atoms with E-state index < -0.39 is 5.79 Å². The van der Waals surface area contributed by atoms with Crippen LogP contribution in [0, 0.1) is 0 Å². The normalized spacial score (nSPS) is 30.1. The van der Waals surface area contributed by atoms with Crippen LogP contribution in [0.1, 0.15) is 46.0 Å². The van der Waals surface area contributed by atoms with Crippen LogP contribution in [-0.2, 0) is 36.2 Å². The summed E-state index contributed by atoms with van der Waals surface area (Å²) in [4.78, 5) is 10.7. The average molecular weight is 260 g/mol. The molecule has 90 valence electrons. The molecule has 1 fully saturated rings. The van der Waals surface area contributed by atoms with Crippen LogP contribution in [0.5, 0.6) is 0 Å². The number of allylic oxidation sites excluding steroid dienone is 1. The molecule has 0 aromatic rings. The Balaban J connectivity index is 0.00000128. The van der Waals surface area contributed by atoms with Gasteiger partial charge in [-0.05, 0) is 45.1 Å². The van der Waals surface area contributed by atoms with Gasteiger partial charge in [-0.1, -0.05) is 6.08 Å². The van der Waals surface area contributed by atoms with Gasteiger partial charge in [0.2, 0.25) is 5.79 Å². The van der Waals surface area contributed by atoms with Gasteiger partial charge in [0.15, 0.2) is 0 Å². The SMILES string of the molecule is CC(C)OC12CCCC=C1CCCOO2.[Ti]. The summed E-state index contributed by atoms with van der Waals surface area (Å²) < 4.78 is 5.95. The van der Waals surface area contributed by atoms with Gasteiger partial charge in [-0.15, -0.1) is 0 Å². The van der Waals surface area contributed by atoms with Crippen molar-refractivity contribution in [1.82, 2.24) is 0 Å². The first-order chi connectivity index (χ1) is 7.23. The van der Waals surface area contributed by atoms with E-state index in [2.05, 4.69) is 6.08 Å². The largest absolute Gasteiger partial charge is 0.341 e. The second-order valence-corrected chi connectivity index (χ2v) is 4.55. The standard InChI is InChI=1S/C12H20O3.Ti/c1-10(2)14-12-8-4-3-6-11(12)7-5-9-13-15-12;/h6,10H,3-5,7-9H2,1-2H3;. The molecule has 0 N–H and O–H groups in total. The Labute approximate surface area is 112 Å². The first-order valence-electron chi connectivity index (χ1n) is 5.91. The van der Waals surface area contributed by atoms with Gasteiger partial charge in [0.25, 0.3) is 0 Å². The van der Waals surface area contributed by atoms with Crippen molar-refractivity contribution in [2.24, 2.45) is 0 Å². The Morgan fingerprint density at radius 1 is 1.38 bits per heavy atom. The molecule has 0 saturated carbocycles. The van der Waals surface area contributed by atoms with Crippen LogP contribution in [0.2, 0.25) is 0 Å². The molecule has 0 amide bonds. The van der Waals surface area contributed by atoms with Crippen LogP contribution in [0.15, 0.2) is 11.6 Å². The third-order valence-electron chi connectivity index (χ3n) is 2.88. The van der Waals surface area contributed by atoms with Crippen molar-refractivity contribution in [1.29, 1.82) is 0 Å². The summed E-state index contributed by atoms with van der Waals surface area (Å²) in [5.41, 5.74) is 1.28. The number of ether oxygens (including phenoxy) is 1. The summed E-state index contributed by atoms with van der Waals surface area (Å²) in [6.45, 7) is 4.74. The molecule has 1 heterocycles. The van der Waals surface area contributed by atoms with Crippen LogP contribution in [-0.4, -0.2) is 18.5 Å². The van der Waals surface area contributed by atoms with Gasteiger partial charge >= 0.3 is 0 Å². The van der Waals surface area contributed by atoms with E-state index in [0.29, 0.717) is 6.61 Å². The number of rotatable bonds is 2. The third kappa shape index (κ3) is 3.17. The average Bonchev–Trinajstić information content (AvgIpc) is 2.38. The fraction of sp³-hybridized carbons (Fsp3) is 0.833. The molecular weight excluding hydrogens is 240 g/mol. The molecule has 1 unspecified atom stereocenters. The number of hydrogen-bond donors (Lipinski definition) is 0. The van der Waals surface area contributed by atoms with Crippen LogP contribution in [0.4, 0.5) is 0 Å². The molecule has 1 saturated heterocycles. The van der Waals surface area contributed by atoms with Gasteiger partial charge in [0.05, 0.1) is 12.7 Å². The summed E-state index contributed by atoms with van der Waals surface area (Å²) in [7, 11) is 0. The van der Waals surface area contributed by atoms with E-state index in [1.807, 2.05) is 13.8 Å². The Morgan fingerprint density at radius 3 is 2.94 bits per heavy atom. The van der Waals surface area contributed by atoms with Crippen LogP contribution >= 0.6 is 0 Å². The monoisotopic (exact) mass is 260 g/mol. The molecule has 1 aliphatic carbocycles. The molecule has 2 aliphatic rings. The van der Waals surface area contributed by atoms with Crippen molar-refractivity contribution in [3.63, 3.8) is 0 Å². The minimum Gasteiger partial charge on any atom is -0.341 e. The molecule has 0 aromatic carbocycles. The summed E-state index contributed by atoms with van der Waals surface area (Å²) >= 11 is 0. The molecular formula is C12H20O3Ti. The molecule has 0 aromatic heterocycles. The Morgan fingerprint density at radius 2 is 2.19 bits per heavy atom. The summed E-state index contributed by atoms with van der Waals surface area (Å²) in [5.74, 6) is -0.580. The molecule has 0 radical (unpaired) electrons. The van der Waals surface area contributed by atoms with E-state index in [9.17, 15) is 0 Å². The molecule has 1 aliphatic heterocycles. The van der Waals surface area contributed by atoms with Crippen molar-refractivity contribution in [2.45, 2.75) is 57.8 Å². The minimum atomic E-state index is -0.580. The zero-order valence-corrected chi connectivity index (χ0v) is 11.7. The summed E-state index contributed by atoms with van der Waals surface area (Å²) in [5, 5.41) is 0. The molecule has 4 heteroatoms. The van der Waals surface area contributed by atoms with E-state index in [0.717, 1.165) is 32.1 Å². The predicted octanol–water partition coefficient (Wildman–Crippen LogP) is 2.96. The van der Waals surface area contributed by atoms with Crippen molar-refractivity contribution in [3.8, 4) is 0 Å². The fourth-order valence-corrected chi connectivity index (χ4v) is 2.31. The molecule has 3 nitrogen and oxygen atoms in total. The first kappa shape index (κ1) is 14.4. The second kappa shape index (κ2) is 6.32. The topological polar surface area (TPSA) is 27.7 Å². The Kier molecular flexibility index (Phi) is 5.68. The maximum absolute atomic E-state index is 5.95. The molecule has 16 heavy (non-hydrogen) atoms. The van der Waals surface area contributed by atoms with Crippen LogP contribution in [0.3, 0.4) is 0 Å². The van der Waals surface area contributed by atoms with E-state index in [1.165, 1.54) is 5.57 Å². The second-order valence-electron chi connectivity index (χ2n) is 4.55. The van der Waals surface area contributed by atoms with Gasteiger partial charge in [-0.2, -0.15) is 4.89 Å². The van der Waals surface area contributed by atoms with Crippen LogP contribution in [0.25, 0.3) is 0 Å². The smallest absolute Gasteiger partial charge is 0.223 e. The van der Waals surface area contributed by atoms with Crippen molar-refractivity contribution >= 4 is 0 Å². The van der Waals surface area contributed by atoms with Crippen molar-refractivity contribution < 1.29 is 36.2 Å². The van der Waals surface area contributed by atoms with Gasteiger partial charge < -0.3 is 4.74 Å². The van der Waals surface area contributed by atoms with E-state index >= 15 is 0 Å². The minimum absolute atomic E-state index is 0. The van der Waals surface area contributed by atoms with Gasteiger partial charge in [0, 0.05) is 28.1 Å². The molecule has 2 rings (SSSR count). The summed E-state index contributed by atoms with van der Waals surface area (Å²) in [6.07, 6.45) is 7.65. The zero-order valence-electron chi connectivity index (χ0n) is 10.1. The van der Waals surface area contributed by atoms with E-state index in [-0.39, 0.29) is 27.8 Å².